The molecular weight excluding hydrogens is 1300 g/mol. The smallest absolute Gasteiger partial charge is 0.416 e. The number of nitrogens with one attached hydrogen (secondary N) is 4. The molecule has 25 nitrogen and oxygen atoms in total. The number of carbonyl (C=O) groups excluding carboxylic acids is 8. The number of likely N-dealkylation sites (tertiary alicyclic amines) is 1. The van der Waals surface area contributed by atoms with Crippen LogP contribution in [0.25, 0.3) is 0 Å². The van der Waals surface area contributed by atoms with E-state index in [1.807, 2.05) is 58.0 Å². The van der Waals surface area contributed by atoms with Gasteiger partial charge in [-0.15, -0.1) is 0 Å². The first-order valence-electron chi connectivity index (χ1n) is 34.3. The summed E-state index contributed by atoms with van der Waals surface area (Å²) >= 11 is 4.30. The molecule has 3 fully saturated rings. The molecule has 0 radical (unpaired) electrons. The molecule has 8 amide bonds. The molecule has 5 aliphatic rings. The first kappa shape index (κ1) is 75.2. The van der Waals surface area contributed by atoms with Gasteiger partial charge in [-0.1, -0.05) is 66.8 Å². The number of fused-ring (bicyclic) bond motifs is 4. The van der Waals surface area contributed by atoms with Crippen LogP contribution in [0.2, 0.25) is 0 Å². The Morgan fingerprint density at radius 1 is 0.730 bits per heavy atom. The van der Waals surface area contributed by atoms with E-state index in [1.165, 1.54) is 31.3 Å². The fraction of sp³-hybridized carbons (Fsp3) is 0.500. The lowest BCUT2D eigenvalue weighted by Crippen LogP contribution is -2.53. The van der Waals surface area contributed by atoms with Gasteiger partial charge in [0.2, 0.25) is 29.5 Å². The quantitative estimate of drug-likeness (QED) is 0.0132. The van der Waals surface area contributed by atoms with Crippen molar-refractivity contribution in [3.8, 4) is 23.0 Å². The molecule has 3 saturated heterocycles. The molecule has 0 spiro atoms. The van der Waals surface area contributed by atoms with Gasteiger partial charge in [0.25, 0.3) is 11.8 Å². The van der Waals surface area contributed by atoms with Crippen molar-refractivity contribution < 1.29 is 71.9 Å². The van der Waals surface area contributed by atoms with Gasteiger partial charge < -0.3 is 75.2 Å². The Morgan fingerprint density at radius 3 is 2.08 bits per heavy atom. The highest BCUT2D eigenvalue weighted by Gasteiger charge is 2.47. The maximum absolute atomic E-state index is 14.4. The summed E-state index contributed by atoms with van der Waals surface area (Å²) in [6.07, 6.45) is 5.23. The molecule has 0 aromatic heterocycles. The molecule has 6 unspecified atom stereocenters. The van der Waals surface area contributed by atoms with E-state index < -0.39 is 65.2 Å². The summed E-state index contributed by atoms with van der Waals surface area (Å²) in [7, 11) is 2.96. The minimum absolute atomic E-state index is 0.0259. The number of amides is 8. The number of carbonyl (C=O) groups is 8. The Kier molecular flexibility index (Phi) is 25.9. The number of aliphatic imine (C=N–C) groups is 1. The van der Waals surface area contributed by atoms with Crippen molar-refractivity contribution in [3.05, 3.63) is 125 Å². The molecule has 4 aromatic carbocycles. The van der Waals surface area contributed by atoms with E-state index in [0.717, 1.165) is 16.0 Å². The molecule has 26 heteroatoms. The van der Waals surface area contributed by atoms with Crippen molar-refractivity contribution in [1.29, 1.82) is 0 Å². The third-order valence-electron chi connectivity index (χ3n) is 18.5. The lowest BCUT2D eigenvalue weighted by atomic mass is 9.99. The van der Waals surface area contributed by atoms with Crippen molar-refractivity contribution in [2.24, 2.45) is 10.7 Å². The van der Waals surface area contributed by atoms with Gasteiger partial charge in [-0.05, 0) is 140 Å². The van der Waals surface area contributed by atoms with Crippen LogP contribution in [0.3, 0.4) is 0 Å². The Labute approximate surface area is 590 Å². The van der Waals surface area contributed by atoms with E-state index in [9.17, 15) is 43.5 Å². The molecule has 5 heterocycles. The number of anilines is 2. The van der Waals surface area contributed by atoms with Gasteiger partial charge in [0.05, 0.1) is 72.9 Å². The van der Waals surface area contributed by atoms with E-state index in [4.69, 9.17) is 34.2 Å². The normalized spacial score (nSPS) is 18.6. The number of thiol groups is 1. The van der Waals surface area contributed by atoms with Crippen molar-refractivity contribution in [2.45, 2.75) is 171 Å². The zero-order chi connectivity index (χ0) is 71.8. The van der Waals surface area contributed by atoms with E-state index in [2.05, 4.69) is 52.0 Å². The van der Waals surface area contributed by atoms with Gasteiger partial charge in [-0.3, -0.25) is 38.6 Å². The van der Waals surface area contributed by atoms with Gasteiger partial charge in [-0.25, -0.2) is 9.69 Å². The van der Waals surface area contributed by atoms with Crippen LogP contribution in [-0.4, -0.2) is 187 Å². The van der Waals surface area contributed by atoms with Gasteiger partial charge in [-0.2, -0.15) is 12.6 Å². The summed E-state index contributed by atoms with van der Waals surface area (Å²) in [6, 6.07) is 19.1. The van der Waals surface area contributed by atoms with Gasteiger partial charge in [0, 0.05) is 81.6 Å². The maximum atomic E-state index is 14.4. The van der Waals surface area contributed by atoms with Crippen molar-refractivity contribution in [1.82, 2.24) is 30.7 Å². The van der Waals surface area contributed by atoms with Crippen LogP contribution in [0.5, 0.6) is 23.0 Å². The second-order valence-corrected chi connectivity index (χ2v) is 28.0. The van der Waals surface area contributed by atoms with Crippen LogP contribution in [0.1, 0.15) is 143 Å². The summed E-state index contributed by atoms with van der Waals surface area (Å²) in [6.45, 7) is 18.2. The molecular formula is C74H96N10O15S. The molecule has 0 bridgehead atoms. The fourth-order valence-corrected chi connectivity index (χ4v) is 13.1. The number of aliphatic hydroxyl groups is 1. The molecule has 100 heavy (non-hydrogen) atoms. The zero-order valence-corrected chi connectivity index (χ0v) is 59.0. The highest BCUT2D eigenvalue weighted by molar-refractivity contribution is 7.81. The van der Waals surface area contributed by atoms with Crippen molar-refractivity contribution in [2.75, 3.05) is 77.0 Å². The molecule has 0 aliphatic carbocycles. The number of aliphatic hydroxyl groups excluding tert-OH is 1. The monoisotopic (exact) mass is 1400 g/mol. The lowest BCUT2D eigenvalue weighted by Gasteiger charge is -2.31. The summed E-state index contributed by atoms with van der Waals surface area (Å²) in [5.74, 6) is -0.927. The molecule has 6 atom stereocenters. The first-order valence-corrected chi connectivity index (χ1v) is 34.8. The van der Waals surface area contributed by atoms with Crippen molar-refractivity contribution in [3.63, 3.8) is 0 Å². The Hall–Kier alpha value is -8.98. The minimum atomic E-state index is -1.55. The average Bonchev–Trinajstić information content (AvgIpc) is 1.58. The van der Waals surface area contributed by atoms with Crippen LogP contribution < -0.4 is 50.8 Å². The van der Waals surface area contributed by atoms with Gasteiger partial charge in [0.15, 0.2) is 29.2 Å². The number of methoxy groups -OCH3 is 2. The number of nitrogens with zero attached hydrogens (tertiary/aromatic N) is 5. The molecule has 4 aromatic rings. The molecule has 5 aliphatic heterocycles. The summed E-state index contributed by atoms with van der Waals surface area (Å²) < 4.78 is 35.9. The van der Waals surface area contributed by atoms with E-state index in [0.29, 0.717) is 130 Å². The van der Waals surface area contributed by atoms with E-state index in [1.54, 1.807) is 52.4 Å². The fourth-order valence-electron chi connectivity index (χ4n) is 12.8. The summed E-state index contributed by atoms with van der Waals surface area (Å²) in [5.41, 5.74) is 8.94. The Morgan fingerprint density at radius 2 is 1.40 bits per heavy atom. The van der Waals surface area contributed by atoms with Crippen LogP contribution in [0, 0.1) is 0 Å². The largest absolute Gasteiger partial charge is 0.493 e. The number of hydrogen-bond donors (Lipinski definition) is 7. The predicted molar refractivity (Wildman–Crippen MR) is 381 cm³/mol. The van der Waals surface area contributed by atoms with Crippen LogP contribution in [0.4, 0.5) is 21.9 Å². The van der Waals surface area contributed by atoms with E-state index >= 15 is 0 Å². The SMILES string of the molecule is C=C1CC2C=Nc3cc(OCCCCCOc4cc5c(cc4OC)C(=O)N4CC(=C)CC4C(O)N5C(=O)OCc4ccc(NC(=O)C(CCCCN)NC(=O)C(Cc5ccccc5)NC(=O)CCC(C)(C)OCCC(C)(C)NC(=O)CCN5CCC(S)C5=O)cc4)c(OC)cc3C(=O)N2C1. The Balaban J connectivity index is 0.781. The number of nitrogens with two attached hydrogens (primary N) is 1. The van der Waals surface area contributed by atoms with Gasteiger partial charge >= 0.3 is 6.09 Å². The zero-order valence-electron chi connectivity index (χ0n) is 58.1. The highest BCUT2D eigenvalue weighted by atomic mass is 32.1. The topological polar surface area (TPSA) is 312 Å². The maximum Gasteiger partial charge on any atom is 0.416 e. The minimum Gasteiger partial charge on any atom is -0.493 e. The number of benzene rings is 4. The van der Waals surface area contributed by atoms with Crippen molar-refractivity contribution >= 4 is 83.3 Å². The van der Waals surface area contributed by atoms with Gasteiger partial charge in [0.1, 0.15) is 18.7 Å². The molecule has 7 N–H and O–H groups in total. The molecule has 538 valence electrons. The summed E-state index contributed by atoms with van der Waals surface area (Å²) in [5, 5.41) is 23.5. The second-order valence-electron chi connectivity index (χ2n) is 27.3. The van der Waals surface area contributed by atoms with Crippen LogP contribution in [0.15, 0.2) is 108 Å². The third kappa shape index (κ3) is 19.7. The van der Waals surface area contributed by atoms with Crippen LogP contribution in [-0.2, 0) is 46.5 Å². The van der Waals surface area contributed by atoms with E-state index in [-0.39, 0.29) is 110 Å². The average molecular weight is 1400 g/mol. The number of hydrogen-bond acceptors (Lipinski definition) is 18. The number of unbranched alkanes of at least 4 members (excludes halogenated alkanes) is 3. The highest BCUT2D eigenvalue weighted by Crippen LogP contribution is 2.43. The Bertz CT molecular complexity index is 3680. The molecule has 0 saturated carbocycles. The first-order chi connectivity index (χ1) is 47.8. The number of rotatable bonds is 34. The molecule has 9 rings (SSSR count). The standard InChI is InChI=1S/C74H96N10O15S/c1-46-35-51-42-76-55-40-61(59(94-7)38-52(55)68(89)82(51)43-46)96-32-15-10-16-33-97-62-41-57-53(39-60(62)95-8)69(90)83-44-47(2)36-58(83)70(91)84(57)72(93)98-45-49-20-22-50(23-21-49)77-66(87)54(19-13-14-29-75)79-67(88)56(37-48-17-11-9-12-18-48)78-64(85)24-27-74(5,6)99-34-28-73(3,4)80-65(86)26-31-81-30-25-63(100)71(81)92/h9,11-12,17-18,20-23,38-42,51,54,56,58,63,70,91,100H,1-2,10,13-16,19,24-37,43-45,75H2,3-8H3,(H,77,87)(H,78,85)(H,79,88)(H,80,86). The number of ether oxygens (including phenoxy) is 6. The third-order valence-corrected chi connectivity index (χ3v) is 19.0. The summed E-state index contributed by atoms with van der Waals surface area (Å²) in [4.78, 5) is 120. The second kappa shape index (κ2) is 34.4. The predicted octanol–water partition coefficient (Wildman–Crippen LogP) is 8.13. The lowest BCUT2D eigenvalue weighted by molar-refractivity contribution is -0.131. The van der Waals surface area contributed by atoms with Crippen LogP contribution >= 0.6 is 12.6 Å².